The van der Waals surface area contributed by atoms with Crippen molar-refractivity contribution in [1.29, 1.82) is 0 Å². The Morgan fingerprint density at radius 3 is 1.00 bits per heavy atom. The van der Waals surface area contributed by atoms with Gasteiger partial charge in [-0.2, -0.15) is 0 Å². The monoisotopic (exact) mass is 269 g/mol. The third-order valence-corrected chi connectivity index (χ3v) is 0. The molecule has 0 saturated heterocycles. The van der Waals surface area contributed by atoms with Crippen molar-refractivity contribution in [3.8, 4) is 0 Å². The molecular weight excluding hydrogens is 264 g/mol. The molecule has 0 aliphatic rings. The Morgan fingerprint density at radius 1 is 1.00 bits per heavy atom. The third-order valence-electron chi connectivity index (χ3n) is 0. The summed E-state index contributed by atoms with van der Waals surface area (Å²) >= 11 is 0. The van der Waals surface area contributed by atoms with Crippen molar-refractivity contribution in [2.75, 3.05) is 0 Å². The van der Waals surface area contributed by atoms with E-state index in [0.29, 0.717) is 0 Å². The molecule has 0 aliphatic heterocycles. The second-order valence-corrected chi connectivity index (χ2v) is 0. The summed E-state index contributed by atoms with van der Waals surface area (Å²) in [7, 11) is 0. The molecule has 32 valence electrons. The molecule has 0 aromatic heterocycles. The van der Waals surface area contributed by atoms with Crippen molar-refractivity contribution in [3.05, 3.63) is 0 Å². The van der Waals surface area contributed by atoms with Crippen LogP contribution in [0.2, 0.25) is 0 Å². The molecule has 3 N–H and O–H groups in total. The smallest absolute Gasteiger partial charge is 0.344 e. The summed E-state index contributed by atoms with van der Waals surface area (Å²) < 4.78 is 0. The summed E-state index contributed by atoms with van der Waals surface area (Å²) in [6.45, 7) is 0. The third kappa shape index (κ3) is 13.3. The Hall–Kier alpha value is 0.868. The Kier molecular flexibility index (Phi) is 1020. The summed E-state index contributed by atoms with van der Waals surface area (Å²) in [4.78, 5) is 0. The quantitative estimate of drug-likeness (QED) is 0.648. The Balaban J connectivity index is 0. The van der Waals surface area contributed by atoms with Crippen molar-refractivity contribution < 1.29 is 38.2 Å². The van der Waals surface area contributed by atoms with Gasteiger partial charge in [0.25, 0.3) is 0 Å². The molecule has 0 aliphatic carbocycles. The first-order valence-corrected chi connectivity index (χ1v) is 0. The van der Waals surface area contributed by atoms with Crippen LogP contribution < -0.4 is 6.15 Å². The molecule has 0 rings (SSSR count). The average molecular weight is 270 g/mol. The van der Waals surface area contributed by atoms with Gasteiger partial charge in [0.15, 0.2) is 0 Å². The molecule has 0 bridgehead atoms. The molecular formula is H6ClFNPt+3. The van der Waals surface area contributed by atoms with E-state index in [-0.39, 0.29) is 44.3 Å². The van der Waals surface area contributed by atoms with Crippen molar-refractivity contribution in [2.24, 2.45) is 0 Å². The fourth-order valence-electron chi connectivity index (χ4n) is 0. The van der Waals surface area contributed by atoms with Gasteiger partial charge in [0, 0.05) is 0 Å². The molecule has 0 unspecified atom stereocenters. The van der Waals surface area contributed by atoms with Gasteiger partial charge in [-0.3, -0.25) is 4.70 Å². The van der Waals surface area contributed by atoms with Crippen LogP contribution in [0.5, 0.6) is 0 Å². The van der Waals surface area contributed by atoms with Crippen LogP contribution in [-0.2, 0) is 21.1 Å². The largest absolute Gasteiger partial charge is 2.00 e. The summed E-state index contributed by atoms with van der Waals surface area (Å²) in [6, 6.07) is 0. The van der Waals surface area contributed by atoms with E-state index in [0.717, 1.165) is 0 Å². The van der Waals surface area contributed by atoms with Crippen LogP contribution in [0.25, 0.3) is 0 Å². The normalized spacial score (nSPS) is 0. The van der Waals surface area contributed by atoms with E-state index < -0.39 is 0 Å². The van der Waals surface area contributed by atoms with E-state index in [1.54, 1.807) is 0 Å². The number of hydrogen-bond donors (Lipinski definition) is 1. The van der Waals surface area contributed by atoms with Crippen LogP contribution in [0.4, 0.5) is 4.70 Å². The Labute approximate surface area is 44.8 Å². The van der Waals surface area contributed by atoms with E-state index in [4.69, 9.17) is 0 Å². The van der Waals surface area contributed by atoms with Gasteiger partial charge in [0.05, 0.1) is 12.4 Å². The standard InChI is InChI=1S/ClH2.FH.H3N.Pt/h1H2;1H;1H3;/q+1;;;+2. The Morgan fingerprint density at radius 2 is 1.00 bits per heavy atom. The van der Waals surface area contributed by atoms with E-state index >= 15 is 0 Å². The zero-order valence-electron chi connectivity index (χ0n) is 1.88. The maximum absolute atomic E-state index is 0. The minimum atomic E-state index is 0. The number of halogens is 2. The van der Waals surface area contributed by atoms with Crippen LogP contribution in [0.15, 0.2) is 0 Å². The molecule has 0 aromatic rings. The van der Waals surface area contributed by atoms with Crippen LogP contribution in [0, 0.1) is 12.4 Å². The van der Waals surface area contributed by atoms with Gasteiger partial charge < -0.3 is 6.15 Å². The van der Waals surface area contributed by atoms with Crippen LogP contribution >= 0.6 is 0 Å². The molecule has 0 saturated carbocycles. The zero-order valence-corrected chi connectivity index (χ0v) is 5.05. The summed E-state index contributed by atoms with van der Waals surface area (Å²) in [5.41, 5.74) is 0. The summed E-state index contributed by atoms with van der Waals surface area (Å²) in [5.74, 6) is 0. The molecule has 0 fully saturated rings. The van der Waals surface area contributed by atoms with Crippen molar-refractivity contribution in [2.45, 2.75) is 0 Å². The summed E-state index contributed by atoms with van der Waals surface area (Å²) in [6.07, 6.45) is 0. The van der Waals surface area contributed by atoms with E-state index in [1.807, 2.05) is 0 Å². The van der Waals surface area contributed by atoms with Crippen molar-refractivity contribution in [1.82, 2.24) is 6.15 Å². The molecule has 1 nitrogen and oxygen atoms in total. The minimum absolute atomic E-state index is 0. The van der Waals surface area contributed by atoms with E-state index in [9.17, 15) is 0 Å². The predicted molar refractivity (Wildman–Crippen MR) is 10.3 cm³/mol. The molecule has 0 aromatic carbocycles. The van der Waals surface area contributed by atoms with E-state index in [2.05, 4.69) is 0 Å². The molecule has 0 radical (unpaired) electrons. The molecule has 4 heteroatoms. The first-order valence-electron chi connectivity index (χ1n) is 0. The topological polar surface area (TPSA) is 35.0 Å². The zero-order chi connectivity index (χ0) is 0. The van der Waals surface area contributed by atoms with Gasteiger partial charge in [0.2, 0.25) is 0 Å². The van der Waals surface area contributed by atoms with Gasteiger partial charge in [-0.15, -0.1) is 0 Å². The van der Waals surface area contributed by atoms with Gasteiger partial charge in [-0.25, -0.2) is 0 Å². The molecule has 0 atom stereocenters. The second-order valence-electron chi connectivity index (χ2n) is 0. The number of hydrogen-bond acceptors (Lipinski definition) is 1. The van der Waals surface area contributed by atoms with Gasteiger partial charge in [0.1, 0.15) is 0 Å². The van der Waals surface area contributed by atoms with E-state index in [1.165, 1.54) is 0 Å². The van der Waals surface area contributed by atoms with Gasteiger partial charge in [-0.05, 0) is 0 Å². The average Bonchev–Trinajstić information content (AvgIpc) is 0. The fraction of sp³-hybridized carbons (Fsp3) is 0. The van der Waals surface area contributed by atoms with Gasteiger partial charge in [-0.1, -0.05) is 0 Å². The first kappa shape index (κ1) is 96.6. The van der Waals surface area contributed by atoms with Crippen molar-refractivity contribution >= 4 is 0 Å². The Bertz CT molecular complexity index is 8.00. The van der Waals surface area contributed by atoms with Crippen molar-refractivity contribution in [3.63, 3.8) is 0 Å². The predicted octanol–water partition coefficient (Wildman–Crippen LogP) is -0.223. The molecule has 4 heavy (non-hydrogen) atoms. The molecule has 0 amide bonds. The van der Waals surface area contributed by atoms with Crippen LogP contribution in [-0.4, -0.2) is 0 Å². The summed E-state index contributed by atoms with van der Waals surface area (Å²) in [5, 5.41) is 0. The molecule has 0 heterocycles. The first-order chi connectivity index (χ1) is 0. The van der Waals surface area contributed by atoms with Gasteiger partial charge >= 0.3 is 21.1 Å². The maximum Gasteiger partial charge on any atom is 2.00 e. The van der Waals surface area contributed by atoms with Crippen LogP contribution in [0.1, 0.15) is 0 Å². The maximum atomic E-state index is 0. The number of rotatable bonds is 0. The fourth-order valence-corrected chi connectivity index (χ4v) is 0. The minimum Gasteiger partial charge on any atom is -0.344 e. The van der Waals surface area contributed by atoms with Crippen LogP contribution in [0.3, 0.4) is 0 Å². The SMILES string of the molecule is F.N.[ClH2+].[Pt+2]. The molecule has 0 spiro atoms. The second kappa shape index (κ2) is 42.2.